The molecule has 1 aliphatic rings. The lowest BCUT2D eigenvalue weighted by molar-refractivity contribution is 0.347. The van der Waals surface area contributed by atoms with E-state index in [-0.39, 0.29) is 12.0 Å². The molecule has 90 valence electrons. The third-order valence-electron chi connectivity index (χ3n) is 2.87. The summed E-state index contributed by atoms with van der Waals surface area (Å²) in [6.07, 6.45) is 2.00. The number of thioether (sulfide) groups is 1. The van der Waals surface area contributed by atoms with Gasteiger partial charge in [-0.15, -0.1) is 0 Å². The molecule has 2 rings (SSSR count). The minimum Gasteiger partial charge on any atom is -0.339 e. The van der Waals surface area contributed by atoms with Gasteiger partial charge in [-0.05, 0) is 12.3 Å². The highest BCUT2D eigenvalue weighted by Gasteiger charge is 2.30. The zero-order valence-corrected chi connectivity index (χ0v) is 10.7. The largest absolute Gasteiger partial charge is 0.339 e. The van der Waals surface area contributed by atoms with Crippen molar-refractivity contribution in [2.45, 2.75) is 38.6 Å². The molecule has 0 amide bonds. The number of hydrogen-bond acceptors (Lipinski definition) is 5. The summed E-state index contributed by atoms with van der Waals surface area (Å²) in [4.78, 5) is 4.44. The van der Waals surface area contributed by atoms with Gasteiger partial charge in [-0.2, -0.15) is 16.7 Å². The molecule has 2 heterocycles. The van der Waals surface area contributed by atoms with E-state index in [0.717, 1.165) is 36.1 Å². The van der Waals surface area contributed by atoms with Crippen molar-refractivity contribution in [3.8, 4) is 0 Å². The summed E-state index contributed by atoms with van der Waals surface area (Å²) in [6, 6.07) is 0.170. The van der Waals surface area contributed by atoms with Crippen LogP contribution in [0.3, 0.4) is 0 Å². The topological polar surface area (TPSA) is 64.9 Å². The van der Waals surface area contributed by atoms with Gasteiger partial charge in [0.05, 0.1) is 5.92 Å². The zero-order chi connectivity index (χ0) is 11.5. The van der Waals surface area contributed by atoms with Crippen LogP contribution in [0.2, 0.25) is 0 Å². The Morgan fingerprint density at radius 1 is 1.50 bits per heavy atom. The Labute approximate surface area is 100 Å². The summed E-state index contributed by atoms with van der Waals surface area (Å²) in [5, 5.41) is 4.02. The van der Waals surface area contributed by atoms with Crippen LogP contribution in [0.4, 0.5) is 0 Å². The summed E-state index contributed by atoms with van der Waals surface area (Å²) in [5.41, 5.74) is 5.99. The van der Waals surface area contributed by atoms with E-state index in [1.807, 2.05) is 11.8 Å². The van der Waals surface area contributed by atoms with Crippen LogP contribution in [0.15, 0.2) is 4.52 Å². The Kier molecular flexibility index (Phi) is 3.86. The number of hydrogen-bond donors (Lipinski definition) is 1. The van der Waals surface area contributed by atoms with Crippen molar-refractivity contribution < 1.29 is 4.52 Å². The number of aryl methyl sites for hydroxylation is 1. The van der Waals surface area contributed by atoms with Crippen LogP contribution in [0.25, 0.3) is 0 Å². The molecule has 1 aromatic rings. The van der Waals surface area contributed by atoms with Crippen molar-refractivity contribution in [2.24, 2.45) is 11.7 Å². The number of aromatic nitrogens is 2. The van der Waals surface area contributed by atoms with Gasteiger partial charge in [0, 0.05) is 24.0 Å². The lowest BCUT2D eigenvalue weighted by Crippen LogP contribution is -2.26. The van der Waals surface area contributed by atoms with Gasteiger partial charge in [0.1, 0.15) is 0 Å². The first-order valence-electron chi connectivity index (χ1n) is 5.82. The molecule has 1 aromatic heterocycles. The molecule has 0 saturated carbocycles. The molecule has 16 heavy (non-hydrogen) atoms. The Bertz CT molecular complexity index is 340. The van der Waals surface area contributed by atoms with Gasteiger partial charge in [0.15, 0.2) is 5.82 Å². The highest BCUT2D eigenvalue weighted by molar-refractivity contribution is 7.99. The predicted molar refractivity (Wildman–Crippen MR) is 65.5 cm³/mol. The van der Waals surface area contributed by atoms with Crippen molar-refractivity contribution in [1.82, 2.24) is 10.1 Å². The first-order chi connectivity index (χ1) is 7.66. The molecule has 1 fully saturated rings. The van der Waals surface area contributed by atoms with Crippen LogP contribution in [-0.2, 0) is 6.42 Å². The third kappa shape index (κ3) is 2.77. The maximum atomic E-state index is 5.99. The third-order valence-corrected chi connectivity index (χ3v) is 4.09. The summed E-state index contributed by atoms with van der Waals surface area (Å²) in [5.74, 6) is 4.49. The average molecular weight is 241 g/mol. The molecule has 1 aliphatic heterocycles. The molecule has 0 spiro atoms. The van der Waals surface area contributed by atoms with Crippen LogP contribution in [-0.4, -0.2) is 27.7 Å². The molecule has 2 atom stereocenters. The lowest BCUT2D eigenvalue weighted by atomic mass is 10.1. The monoisotopic (exact) mass is 241 g/mol. The van der Waals surface area contributed by atoms with Gasteiger partial charge >= 0.3 is 0 Å². The van der Waals surface area contributed by atoms with Gasteiger partial charge in [0.25, 0.3) is 0 Å². The molecule has 0 bridgehead atoms. The normalized spacial score (nSPS) is 25.5. The number of nitrogens with zero attached hydrogens (tertiary/aromatic N) is 2. The SMILES string of the molecule is CC(C)CCc1noc(C2CSCC2N)n1. The molecule has 5 heteroatoms. The van der Waals surface area contributed by atoms with E-state index in [0.29, 0.717) is 5.92 Å². The number of nitrogens with two attached hydrogens (primary N) is 1. The Morgan fingerprint density at radius 2 is 2.31 bits per heavy atom. The second kappa shape index (κ2) is 5.19. The van der Waals surface area contributed by atoms with Gasteiger partial charge in [-0.1, -0.05) is 19.0 Å². The van der Waals surface area contributed by atoms with E-state index in [1.165, 1.54) is 0 Å². The molecule has 0 radical (unpaired) electrons. The van der Waals surface area contributed by atoms with E-state index in [4.69, 9.17) is 10.3 Å². The summed E-state index contributed by atoms with van der Waals surface area (Å²) < 4.78 is 5.30. The Morgan fingerprint density at radius 3 is 2.94 bits per heavy atom. The Balaban J connectivity index is 1.96. The van der Waals surface area contributed by atoms with E-state index in [9.17, 15) is 0 Å². The molecule has 0 aromatic carbocycles. The Hall–Kier alpha value is -0.550. The molecular formula is C11H19N3OS. The van der Waals surface area contributed by atoms with Gasteiger partial charge < -0.3 is 10.3 Å². The van der Waals surface area contributed by atoms with Crippen LogP contribution in [0.1, 0.15) is 37.9 Å². The van der Waals surface area contributed by atoms with E-state index in [1.54, 1.807) is 0 Å². The van der Waals surface area contributed by atoms with E-state index < -0.39 is 0 Å². The van der Waals surface area contributed by atoms with Crippen molar-refractivity contribution in [3.05, 3.63) is 11.7 Å². The van der Waals surface area contributed by atoms with Crippen molar-refractivity contribution in [2.75, 3.05) is 11.5 Å². The van der Waals surface area contributed by atoms with Crippen molar-refractivity contribution in [1.29, 1.82) is 0 Å². The summed E-state index contributed by atoms with van der Waals surface area (Å²) >= 11 is 1.86. The molecule has 2 unspecified atom stereocenters. The standard InChI is InChI=1S/C11H19N3OS/c1-7(2)3-4-10-13-11(15-14-10)8-5-16-6-9(8)12/h7-9H,3-6,12H2,1-2H3. The first-order valence-corrected chi connectivity index (χ1v) is 6.98. The molecule has 1 saturated heterocycles. The lowest BCUT2D eigenvalue weighted by Gasteiger charge is -2.07. The number of rotatable bonds is 4. The van der Waals surface area contributed by atoms with Gasteiger partial charge in [0.2, 0.25) is 5.89 Å². The smallest absolute Gasteiger partial charge is 0.232 e. The second-order valence-electron chi connectivity index (χ2n) is 4.79. The quantitative estimate of drug-likeness (QED) is 0.871. The maximum Gasteiger partial charge on any atom is 0.232 e. The fourth-order valence-electron chi connectivity index (χ4n) is 1.76. The van der Waals surface area contributed by atoms with Crippen molar-refractivity contribution >= 4 is 11.8 Å². The van der Waals surface area contributed by atoms with Crippen molar-refractivity contribution in [3.63, 3.8) is 0 Å². The predicted octanol–water partition coefficient (Wildman–Crippen LogP) is 1.82. The van der Waals surface area contributed by atoms with Crippen LogP contribution in [0, 0.1) is 5.92 Å². The van der Waals surface area contributed by atoms with Gasteiger partial charge in [-0.3, -0.25) is 0 Å². The minimum atomic E-state index is 0.170. The molecule has 4 nitrogen and oxygen atoms in total. The summed E-state index contributed by atoms with van der Waals surface area (Å²) in [6.45, 7) is 4.40. The summed E-state index contributed by atoms with van der Waals surface area (Å²) in [7, 11) is 0. The molecule has 0 aliphatic carbocycles. The maximum absolute atomic E-state index is 5.99. The fraction of sp³-hybridized carbons (Fsp3) is 0.818. The average Bonchev–Trinajstić information content (AvgIpc) is 2.83. The molecule has 2 N–H and O–H groups in total. The second-order valence-corrected chi connectivity index (χ2v) is 5.86. The minimum absolute atomic E-state index is 0.170. The van der Waals surface area contributed by atoms with E-state index in [2.05, 4.69) is 24.0 Å². The van der Waals surface area contributed by atoms with Crippen LogP contribution < -0.4 is 5.73 Å². The van der Waals surface area contributed by atoms with Crippen LogP contribution >= 0.6 is 11.8 Å². The fourth-order valence-corrected chi connectivity index (χ4v) is 3.05. The first kappa shape index (κ1) is 11.9. The zero-order valence-electron chi connectivity index (χ0n) is 9.85. The van der Waals surface area contributed by atoms with Gasteiger partial charge in [-0.25, -0.2) is 0 Å². The van der Waals surface area contributed by atoms with Crippen LogP contribution in [0.5, 0.6) is 0 Å². The van der Waals surface area contributed by atoms with E-state index >= 15 is 0 Å². The highest BCUT2D eigenvalue weighted by atomic mass is 32.2. The molecular weight excluding hydrogens is 222 g/mol. The highest BCUT2D eigenvalue weighted by Crippen LogP contribution is 2.30.